The van der Waals surface area contributed by atoms with Crippen molar-refractivity contribution in [2.45, 2.75) is 29.0 Å². The van der Waals surface area contributed by atoms with E-state index in [-0.39, 0.29) is 41.1 Å². The lowest BCUT2D eigenvalue weighted by molar-refractivity contribution is -0.274. The number of hydrogen-bond acceptors (Lipinski definition) is 7. The summed E-state index contributed by atoms with van der Waals surface area (Å²) in [6.07, 6.45) is -4.03. The number of methoxy groups -OCH3 is 2. The molecule has 2 aromatic rings. The first kappa shape index (κ1) is 27.0. The lowest BCUT2D eigenvalue weighted by Gasteiger charge is -2.31. The van der Waals surface area contributed by atoms with E-state index in [0.717, 1.165) is 24.3 Å². The third kappa shape index (κ3) is 6.78. The van der Waals surface area contributed by atoms with Gasteiger partial charge >= 0.3 is 6.36 Å². The van der Waals surface area contributed by atoms with Crippen LogP contribution >= 0.6 is 0 Å². The number of benzene rings is 2. The predicted molar refractivity (Wildman–Crippen MR) is 119 cm³/mol. The highest BCUT2D eigenvalue weighted by atomic mass is 32.2. The zero-order chi connectivity index (χ0) is 25.9. The van der Waals surface area contributed by atoms with Gasteiger partial charge in [0.15, 0.2) is 11.5 Å². The highest BCUT2D eigenvalue weighted by Gasteiger charge is 2.32. The molecule has 0 unspecified atom stereocenters. The van der Waals surface area contributed by atoms with Gasteiger partial charge in [-0.15, -0.1) is 13.2 Å². The molecule has 194 valence electrons. The van der Waals surface area contributed by atoms with Crippen LogP contribution in [0.5, 0.6) is 17.2 Å². The van der Waals surface area contributed by atoms with Gasteiger partial charge in [-0.25, -0.2) is 21.6 Å². The van der Waals surface area contributed by atoms with E-state index < -0.39 is 32.2 Å². The summed E-state index contributed by atoms with van der Waals surface area (Å²) in [7, 11) is -4.89. The topological polar surface area (TPSA) is 111 Å². The summed E-state index contributed by atoms with van der Waals surface area (Å²) in [5.74, 6) is 0.0461. The molecule has 1 heterocycles. The Labute approximate surface area is 201 Å². The molecule has 0 bridgehead atoms. The van der Waals surface area contributed by atoms with E-state index in [2.05, 4.69) is 9.46 Å². The predicted octanol–water partition coefficient (Wildman–Crippen LogP) is 2.98. The van der Waals surface area contributed by atoms with E-state index in [1.807, 2.05) is 0 Å². The van der Waals surface area contributed by atoms with Crippen molar-refractivity contribution in [3.63, 3.8) is 0 Å². The number of ether oxygens (including phenoxy) is 3. The van der Waals surface area contributed by atoms with Gasteiger partial charge in [0.25, 0.3) is 0 Å². The van der Waals surface area contributed by atoms with Crippen LogP contribution in [-0.2, 0) is 20.0 Å². The Bertz CT molecular complexity index is 1230. The van der Waals surface area contributed by atoms with Crippen molar-refractivity contribution >= 4 is 20.0 Å². The Kier molecular flexibility index (Phi) is 8.19. The van der Waals surface area contributed by atoms with Crippen molar-refractivity contribution in [1.29, 1.82) is 0 Å². The molecule has 0 atom stereocenters. The van der Waals surface area contributed by atoms with Crippen LogP contribution < -0.4 is 18.9 Å². The number of nitrogens with zero attached hydrogens (tertiary/aromatic N) is 1. The Morgan fingerprint density at radius 3 is 2.03 bits per heavy atom. The molecule has 0 spiro atoms. The van der Waals surface area contributed by atoms with Crippen molar-refractivity contribution in [3.05, 3.63) is 42.5 Å². The van der Waals surface area contributed by atoms with Gasteiger partial charge in [0, 0.05) is 25.7 Å². The SMILES string of the molecule is COc1ccc(S(=O)(=O)N2CCC(CNS(=O)(=O)c3ccc(OC(F)(F)F)cc3)CC2)cc1OC. The molecular formula is C21H25F3N2O7S2. The van der Waals surface area contributed by atoms with Gasteiger partial charge in [0.1, 0.15) is 5.75 Å². The number of piperidine rings is 1. The summed E-state index contributed by atoms with van der Waals surface area (Å²) in [4.78, 5) is -0.146. The third-order valence-electron chi connectivity index (χ3n) is 5.50. The molecule has 0 amide bonds. The van der Waals surface area contributed by atoms with E-state index in [0.29, 0.717) is 18.6 Å². The zero-order valence-corrected chi connectivity index (χ0v) is 20.5. The van der Waals surface area contributed by atoms with Gasteiger partial charge < -0.3 is 14.2 Å². The standard InChI is InChI=1S/C21H25F3N2O7S2/c1-31-19-8-7-18(13-20(19)32-2)35(29,30)26-11-9-15(10-12-26)14-25-34(27,28)17-5-3-16(4-6-17)33-21(22,23)24/h3-8,13,15,25H,9-12,14H2,1-2H3. The molecule has 1 fully saturated rings. The molecule has 3 rings (SSSR count). The first-order valence-electron chi connectivity index (χ1n) is 10.4. The normalized spacial score (nSPS) is 16.1. The van der Waals surface area contributed by atoms with Crippen LogP contribution in [0, 0.1) is 5.92 Å². The van der Waals surface area contributed by atoms with Crippen molar-refractivity contribution in [2.75, 3.05) is 33.9 Å². The smallest absolute Gasteiger partial charge is 0.493 e. The van der Waals surface area contributed by atoms with Gasteiger partial charge in [0.2, 0.25) is 20.0 Å². The summed E-state index contributed by atoms with van der Waals surface area (Å²) in [5, 5.41) is 0. The van der Waals surface area contributed by atoms with E-state index >= 15 is 0 Å². The quantitative estimate of drug-likeness (QED) is 0.523. The van der Waals surface area contributed by atoms with Gasteiger partial charge in [0.05, 0.1) is 24.0 Å². The van der Waals surface area contributed by atoms with Crippen molar-refractivity contribution in [3.8, 4) is 17.2 Å². The van der Waals surface area contributed by atoms with Crippen molar-refractivity contribution in [2.24, 2.45) is 5.92 Å². The van der Waals surface area contributed by atoms with Crippen LogP contribution in [-0.4, -0.2) is 61.4 Å². The lowest BCUT2D eigenvalue weighted by Crippen LogP contribution is -2.41. The summed E-state index contributed by atoms with van der Waals surface area (Å²) in [6.45, 7) is 0.465. The molecule has 35 heavy (non-hydrogen) atoms. The lowest BCUT2D eigenvalue weighted by atomic mass is 9.99. The molecule has 0 radical (unpaired) electrons. The maximum atomic E-state index is 13.0. The Morgan fingerprint density at radius 2 is 1.49 bits per heavy atom. The monoisotopic (exact) mass is 538 g/mol. The average Bonchev–Trinajstić information content (AvgIpc) is 2.82. The minimum absolute atomic E-state index is 0.0623. The summed E-state index contributed by atoms with van der Waals surface area (Å²) < 4.78 is 106. The highest BCUT2D eigenvalue weighted by Crippen LogP contribution is 2.32. The number of nitrogens with one attached hydrogen (secondary N) is 1. The third-order valence-corrected chi connectivity index (χ3v) is 8.83. The highest BCUT2D eigenvalue weighted by molar-refractivity contribution is 7.89. The summed E-state index contributed by atoms with van der Waals surface area (Å²) in [6, 6.07) is 8.19. The minimum atomic E-state index is -4.87. The molecule has 0 aliphatic carbocycles. The van der Waals surface area contributed by atoms with E-state index in [1.165, 1.54) is 36.7 Å². The van der Waals surface area contributed by atoms with Gasteiger partial charge in [-0.05, 0) is 55.2 Å². The molecule has 1 N–H and O–H groups in total. The number of sulfonamides is 2. The second-order valence-electron chi connectivity index (χ2n) is 7.74. The van der Waals surface area contributed by atoms with Crippen LogP contribution in [0.4, 0.5) is 13.2 Å². The Hall–Kier alpha value is -2.55. The van der Waals surface area contributed by atoms with Crippen molar-refractivity contribution < 1.29 is 44.2 Å². The zero-order valence-electron chi connectivity index (χ0n) is 18.9. The fourth-order valence-electron chi connectivity index (χ4n) is 3.61. The van der Waals surface area contributed by atoms with Crippen LogP contribution in [0.3, 0.4) is 0 Å². The van der Waals surface area contributed by atoms with Crippen LogP contribution in [0.2, 0.25) is 0 Å². The summed E-state index contributed by atoms with van der Waals surface area (Å²) in [5.41, 5.74) is 0. The Balaban J connectivity index is 1.57. The molecular weight excluding hydrogens is 513 g/mol. The van der Waals surface area contributed by atoms with E-state index in [4.69, 9.17) is 9.47 Å². The van der Waals surface area contributed by atoms with Gasteiger partial charge in [-0.2, -0.15) is 4.31 Å². The van der Waals surface area contributed by atoms with Gasteiger partial charge in [-0.3, -0.25) is 0 Å². The minimum Gasteiger partial charge on any atom is -0.493 e. The summed E-state index contributed by atoms with van der Waals surface area (Å²) >= 11 is 0. The van der Waals surface area contributed by atoms with Gasteiger partial charge in [-0.1, -0.05) is 0 Å². The maximum Gasteiger partial charge on any atom is 0.573 e. The number of hydrogen-bond donors (Lipinski definition) is 1. The Morgan fingerprint density at radius 1 is 0.914 bits per heavy atom. The molecule has 1 saturated heterocycles. The second-order valence-corrected chi connectivity index (χ2v) is 11.4. The largest absolute Gasteiger partial charge is 0.573 e. The fourth-order valence-corrected chi connectivity index (χ4v) is 6.21. The average molecular weight is 539 g/mol. The molecule has 2 aromatic carbocycles. The van der Waals surface area contributed by atoms with E-state index in [9.17, 15) is 30.0 Å². The molecule has 1 aliphatic heterocycles. The molecule has 9 nitrogen and oxygen atoms in total. The molecule has 1 aliphatic rings. The molecule has 14 heteroatoms. The fraction of sp³-hybridized carbons (Fsp3) is 0.429. The first-order chi connectivity index (χ1) is 16.4. The number of halogens is 3. The first-order valence-corrected chi connectivity index (χ1v) is 13.4. The number of alkyl halides is 3. The number of rotatable bonds is 9. The molecule has 0 aromatic heterocycles. The van der Waals surface area contributed by atoms with Crippen LogP contribution in [0.15, 0.2) is 52.3 Å². The van der Waals surface area contributed by atoms with Crippen LogP contribution in [0.1, 0.15) is 12.8 Å². The maximum absolute atomic E-state index is 13.0. The van der Waals surface area contributed by atoms with Crippen LogP contribution in [0.25, 0.3) is 0 Å². The molecule has 0 saturated carbocycles. The van der Waals surface area contributed by atoms with Crippen molar-refractivity contribution in [1.82, 2.24) is 9.03 Å². The second kappa shape index (κ2) is 10.6. The van der Waals surface area contributed by atoms with E-state index in [1.54, 1.807) is 0 Å².